The van der Waals surface area contributed by atoms with E-state index in [1.165, 1.54) is 0 Å². The summed E-state index contributed by atoms with van der Waals surface area (Å²) < 4.78 is 50.6. The Morgan fingerprint density at radius 1 is 0.667 bits per heavy atom. The van der Waals surface area contributed by atoms with E-state index in [9.17, 15) is 47.5 Å². The second-order valence-electron chi connectivity index (χ2n) is 15.0. The topological polar surface area (TPSA) is 211 Å². The second-order valence-corrected chi connectivity index (χ2v) is 24.6. The molecule has 8 unspecified atom stereocenters. The number of hydrogen-bond acceptors (Lipinski definition) is 9. The Bertz CT molecular complexity index is 1580. The van der Waals surface area contributed by atoms with E-state index in [0.717, 1.165) is 25.9 Å². The third-order valence-corrected chi connectivity index (χ3v) is 19.6. The molecule has 3 fully saturated rings. The maximum absolute atomic E-state index is 13.4. The summed E-state index contributed by atoms with van der Waals surface area (Å²) in [4.78, 5) is 71.3. The van der Waals surface area contributed by atoms with Crippen molar-refractivity contribution in [2.45, 2.75) is 38.3 Å². The Hall–Kier alpha value is -1.01. The molecule has 8 atom stereocenters. The average molecular weight is 794 g/mol. The zero-order chi connectivity index (χ0) is 36.9. The molecule has 2 aliphatic heterocycles. The maximum atomic E-state index is 13.4. The van der Waals surface area contributed by atoms with Gasteiger partial charge in [-0.15, -0.1) is 0 Å². The van der Waals surface area contributed by atoms with Crippen molar-refractivity contribution in [1.82, 2.24) is 19.6 Å². The first-order valence-electron chi connectivity index (χ1n) is 17.8. The Morgan fingerprint density at radius 2 is 1.22 bits per heavy atom. The van der Waals surface area contributed by atoms with E-state index >= 15 is 0 Å². The number of allylic oxidation sites excluding steroid dienone is 2. The summed E-state index contributed by atoms with van der Waals surface area (Å²) >= 11 is 0. The van der Waals surface area contributed by atoms with E-state index in [-0.39, 0.29) is 24.6 Å². The van der Waals surface area contributed by atoms with Gasteiger partial charge in [-0.05, 0) is 87.3 Å². The zero-order valence-corrected chi connectivity index (χ0v) is 32.8. The molecule has 2 saturated heterocycles. The van der Waals surface area contributed by atoms with Crippen molar-refractivity contribution < 1.29 is 47.5 Å². The molecule has 19 heteroatoms. The smallest absolute Gasteiger partial charge is 0.335 e. The van der Waals surface area contributed by atoms with Gasteiger partial charge >= 0.3 is 7.60 Å². The van der Waals surface area contributed by atoms with Crippen molar-refractivity contribution in [3.8, 4) is 0 Å². The van der Waals surface area contributed by atoms with Gasteiger partial charge in [0.15, 0.2) is 0 Å². The fraction of sp³-hybridized carbons (Fsp3) is 0.719. The number of fused-ring (bicyclic) bond motifs is 5. The summed E-state index contributed by atoms with van der Waals surface area (Å²) in [6.45, 7) is 6.14. The molecule has 1 aromatic carbocycles. The highest BCUT2D eigenvalue weighted by Gasteiger charge is 2.37. The number of rotatable bonds is 13. The first kappa shape index (κ1) is 41.2. The van der Waals surface area contributed by atoms with Crippen LogP contribution in [0.2, 0.25) is 0 Å². The van der Waals surface area contributed by atoms with Gasteiger partial charge in [-0.3, -0.25) is 32.9 Å². The lowest BCUT2D eigenvalue weighted by atomic mass is 9.90. The molecule has 1 aromatic rings. The van der Waals surface area contributed by atoms with Gasteiger partial charge in [-0.25, -0.2) is 0 Å². The fourth-order valence-electron chi connectivity index (χ4n) is 8.02. The van der Waals surface area contributed by atoms with Crippen LogP contribution in [0.3, 0.4) is 0 Å². The molecule has 0 radical (unpaired) electrons. The molecule has 51 heavy (non-hydrogen) atoms. The lowest BCUT2D eigenvalue weighted by Gasteiger charge is -2.36. The van der Waals surface area contributed by atoms with Crippen LogP contribution in [-0.2, 0) is 29.2 Å². The van der Waals surface area contributed by atoms with Gasteiger partial charge in [0.25, 0.3) is 0 Å². The van der Waals surface area contributed by atoms with Crippen molar-refractivity contribution in [2.75, 3.05) is 95.1 Å². The number of amides is 1. The van der Waals surface area contributed by atoms with E-state index in [1.54, 1.807) is 24.3 Å². The van der Waals surface area contributed by atoms with Crippen LogP contribution < -0.4 is 5.32 Å². The summed E-state index contributed by atoms with van der Waals surface area (Å²) in [5.74, 6) is -0.303. The molecule has 5 rings (SSSR count). The number of nitrogens with zero attached hydrogens (tertiary/aromatic N) is 4. The highest BCUT2D eigenvalue weighted by Crippen LogP contribution is 2.59. The van der Waals surface area contributed by atoms with Crippen molar-refractivity contribution in [3.63, 3.8) is 0 Å². The normalized spacial score (nSPS) is 30.3. The minimum absolute atomic E-state index is 0.0438. The Morgan fingerprint density at radius 3 is 1.73 bits per heavy atom. The molecule has 1 amide bonds. The summed E-state index contributed by atoms with van der Waals surface area (Å²) in [6, 6.07) is 6.73. The third kappa shape index (κ3) is 14.0. The van der Waals surface area contributed by atoms with Gasteiger partial charge in [-0.1, -0.05) is 24.3 Å². The quantitative estimate of drug-likeness (QED) is 0.125. The summed E-state index contributed by atoms with van der Waals surface area (Å²) in [7, 11) is -16.7. The number of anilines is 1. The van der Waals surface area contributed by atoms with Gasteiger partial charge in [0.05, 0.1) is 18.7 Å². The van der Waals surface area contributed by atoms with Crippen molar-refractivity contribution >= 4 is 41.3 Å². The molecule has 1 saturated carbocycles. The molecule has 288 valence electrons. The molecule has 4 aliphatic rings. The molecular weight excluding hydrogens is 738 g/mol. The molecule has 0 spiro atoms. The van der Waals surface area contributed by atoms with Crippen LogP contribution in [0, 0.1) is 17.8 Å². The van der Waals surface area contributed by atoms with Crippen LogP contribution in [0.4, 0.5) is 5.69 Å². The SMILES string of the molecule is O=C(CC1CC2C=CC1C2)Nc1ccc(CP(=O)(O)CP(=O)(O)CN2CCCN3CCN(CCCN(CP(=O)(O)CP(=O)(O)O)CC3)CC2)cc1. The highest BCUT2D eigenvalue weighted by atomic mass is 31.2. The molecule has 0 aromatic heterocycles. The zero-order valence-electron chi connectivity index (χ0n) is 29.2. The Balaban J connectivity index is 1.09. The van der Waals surface area contributed by atoms with Crippen molar-refractivity contribution in [2.24, 2.45) is 17.8 Å². The molecule has 4 bridgehead atoms. The predicted molar refractivity (Wildman–Crippen MR) is 198 cm³/mol. The summed E-state index contributed by atoms with van der Waals surface area (Å²) in [5.41, 5.74) is 1.16. The monoisotopic (exact) mass is 793 g/mol. The molecule has 2 heterocycles. The molecule has 15 nitrogen and oxygen atoms in total. The molecule has 6 N–H and O–H groups in total. The molecular formula is C32H55N5O10P4. The van der Waals surface area contributed by atoms with Crippen molar-refractivity contribution in [3.05, 3.63) is 42.0 Å². The summed E-state index contributed by atoms with van der Waals surface area (Å²) in [5, 5.41) is 2.92. The Kier molecular flexibility index (Phi) is 14.2. The second kappa shape index (κ2) is 17.6. The van der Waals surface area contributed by atoms with E-state index in [0.29, 0.717) is 101 Å². The van der Waals surface area contributed by atoms with Crippen LogP contribution in [-0.4, -0.2) is 140 Å². The van der Waals surface area contributed by atoms with Crippen molar-refractivity contribution in [1.29, 1.82) is 0 Å². The lowest BCUT2D eigenvalue weighted by molar-refractivity contribution is -0.117. The van der Waals surface area contributed by atoms with Crippen LogP contribution in [0.25, 0.3) is 0 Å². The first-order valence-corrected chi connectivity index (χ1v) is 25.7. The van der Waals surface area contributed by atoms with Crippen LogP contribution >= 0.6 is 29.7 Å². The van der Waals surface area contributed by atoms with Crippen LogP contribution in [0.15, 0.2) is 36.4 Å². The first-order chi connectivity index (χ1) is 23.9. The largest absolute Gasteiger partial charge is 0.344 e. The summed E-state index contributed by atoms with van der Waals surface area (Å²) in [6.07, 6.45) is 7.80. The Labute approximate surface area is 301 Å². The number of hydrogen-bond donors (Lipinski definition) is 6. The maximum Gasteiger partial charge on any atom is 0.335 e. The lowest BCUT2D eigenvalue weighted by Crippen LogP contribution is -2.47. The number of benzene rings is 1. The van der Waals surface area contributed by atoms with Gasteiger partial charge in [-0.2, -0.15) is 0 Å². The van der Waals surface area contributed by atoms with Gasteiger partial charge in [0.2, 0.25) is 28.0 Å². The third-order valence-electron chi connectivity index (χ3n) is 10.3. The minimum atomic E-state index is -4.63. The van der Waals surface area contributed by atoms with Crippen LogP contribution in [0.5, 0.6) is 0 Å². The minimum Gasteiger partial charge on any atom is -0.344 e. The van der Waals surface area contributed by atoms with E-state index < -0.39 is 41.5 Å². The molecule has 2 aliphatic carbocycles. The standard InChI is InChI=1S/C32H55N5O10P4/c38-32(21-30-20-28-3-6-29(30)19-28)33-31-7-4-27(5-8-31)22-48(39,40)25-49(41,42)23-36-11-1-9-35-14-13-34(15-17-36)10-2-12-37(18-16-35)24-50(43,44)26-51(45,46)47/h3-8,28-30H,1-2,9-26H2,(H,33,38)(H,39,40)(H,41,42)(H,43,44)(H2,45,46,47). The van der Waals surface area contributed by atoms with Gasteiger partial charge < -0.3 is 39.6 Å². The average Bonchev–Trinajstić information content (AvgIpc) is 3.62. The van der Waals surface area contributed by atoms with Gasteiger partial charge in [0, 0.05) is 51.4 Å². The number of carbonyl (C=O) groups excluding carboxylic acids is 1. The van der Waals surface area contributed by atoms with E-state index in [2.05, 4.69) is 27.3 Å². The number of carbonyl (C=O) groups is 1. The van der Waals surface area contributed by atoms with Crippen LogP contribution in [0.1, 0.15) is 37.7 Å². The fourth-order valence-corrected chi connectivity index (χ4v) is 16.8. The predicted octanol–water partition coefficient (Wildman–Crippen LogP) is 3.56. The van der Waals surface area contributed by atoms with Gasteiger partial charge in [0.1, 0.15) is 11.8 Å². The highest BCUT2D eigenvalue weighted by molar-refractivity contribution is 7.74. The number of nitrogens with one attached hydrogen (secondary N) is 1. The van der Waals surface area contributed by atoms with E-state index in [4.69, 9.17) is 0 Å². The van der Waals surface area contributed by atoms with E-state index in [1.807, 2.05) is 9.80 Å².